The van der Waals surface area contributed by atoms with Crippen LogP contribution in [0.5, 0.6) is 11.5 Å². The predicted octanol–water partition coefficient (Wildman–Crippen LogP) is 3.01. The smallest absolute Gasteiger partial charge is 0.328 e. The maximum atomic E-state index is 10.4. The summed E-state index contributed by atoms with van der Waals surface area (Å²) in [5, 5.41) is 8.90. The summed E-state index contributed by atoms with van der Waals surface area (Å²) in [7, 11) is 1.48. The lowest BCUT2D eigenvalue weighted by Crippen LogP contribution is -1.97. The molecule has 0 aliphatic heterocycles. The van der Waals surface area contributed by atoms with Crippen molar-refractivity contribution in [2.45, 2.75) is 0 Å². The van der Waals surface area contributed by atoms with Gasteiger partial charge in [-0.3, -0.25) is 0 Å². The number of carbonyl (C=O) groups is 1. The summed E-state index contributed by atoms with van der Waals surface area (Å²) in [4.78, 5) is 10.4. The summed E-state index contributed by atoms with van der Waals surface area (Å²) in [6, 6.07) is 3.24. The van der Waals surface area contributed by atoms with Crippen LogP contribution < -0.4 is 9.47 Å². The molecule has 0 spiro atoms. The number of halogens is 1. The van der Waals surface area contributed by atoms with Crippen molar-refractivity contribution in [3.05, 3.63) is 41.4 Å². The van der Waals surface area contributed by atoms with E-state index in [-0.39, 0.29) is 0 Å². The third kappa shape index (κ3) is 3.82. The molecule has 0 bridgehead atoms. The second-order valence-corrected chi connectivity index (χ2v) is 3.71. The van der Waals surface area contributed by atoms with Gasteiger partial charge in [0.05, 0.1) is 12.1 Å². The van der Waals surface area contributed by atoms with E-state index in [9.17, 15) is 4.79 Å². The number of carboxylic acids is 1. The van der Waals surface area contributed by atoms with Crippen molar-refractivity contribution >= 4 is 23.6 Å². The molecule has 0 aliphatic carbocycles. The van der Waals surface area contributed by atoms with Gasteiger partial charge in [-0.05, 0) is 23.8 Å². The summed E-state index contributed by atoms with van der Waals surface area (Å²) in [6.45, 7) is 3.85. The first-order chi connectivity index (χ1) is 8.58. The highest BCUT2D eigenvalue weighted by atomic mass is 35.5. The van der Waals surface area contributed by atoms with Crippen LogP contribution in [0.2, 0.25) is 5.02 Å². The van der Waals surface area contributed by atoms with Crippen molar-refractivity contribution in [1.29, 1.82) is 0 Å². The highest BCUT2D eigenvalue weighted by Crippen LogP contribution is 2.36. The lowest BCUT2D eigenvalue weighted by molar-refractivity contribution is -0.131. The van der Waals surface area contributed by atoms with Gasteiger partial charge in [0, 0.05) is 6.08 Å². The van der Waals surface area contributed by atoms with Gasteiger partial charge in [-0.1, -0.05) is 24.3 Å². The van der Waals surface area contributed by atoms with Crippen molar-refractivity contribution in [2.24, 2.45) is 0 Å². The van der Waals surface area contributed by atoms with E-state index in [1.54, 1.807) is 18.2 Å². The molecule has 0 aliphatic rings. The average Bonchev–Trinajstić information content (AvgIpc) is 2.34. The number of aliphatic carboxylic acids is 1. The molecule has 5 heteroatoms. The second-order valence-electron chi connectivity index (χ2n) is 3.31. The minimum atomic E-state index is -1.03. The molecular weight excluding hydrogens is 256 g/mol. The fraction of sp³-hybridized carbons (Fsp3) is 0.154. The fourth-order valence-electron chi connectivity index (χ4n) is 1.29. The van der Waals surface area contributed by atoms with E-state index in [1.807, 2.05) is 0 Å². The summed E-state index contributed by atoms with van der Waals surface area (Å²) in [6.07, 6.45) is 4.04. The van der Waals surface area contributed by atoms with Crippen LogP contribution in [0.15, 0.2) is 30.9 Å². The molecule has 18 heavy (non-hydrogen) atoms. The van der Waals surface area contributed by atoms with E-state index < -0.39 is 5.97 Å². The van der Waals surface area contributed by atoms with Crippen molar-refractivity contribution in [2.75, 3.05) is 13.7 Å². The predicted molar refractivity (Wildman–Crippen MR) is 70.4 cm³/mol. The maximum Gasteiger partial charge on any atom is 0.328 e. The van der Waals surface area contributed by atoms with Crippen LogP contribution in [0, 0.1) is 0 Å². The molecule has 1 aromatic rings. The third-order valence-corrected chi connectivity index (χ3v) is 2.30. The highest BCUT2D eigenvalue weighted by Gasteiger charge is 2.10. The molecule has 0 fully saturated rings. The van der Waals surface area contributed by atoms with Gasteiger partial charge in [0.1, 0.15) is 6.61 Å². The van der Waals surface area contributed by atoms with Crippen LogP contribution >= 0.6 is 11.6 Å². The first kappa shape index (κ1) is 14.1. The Morgan fingerprint density at radius 1 is 1.56 bits per heavy atom. The maximum absolute atomic E-state index is 10.4. The molecule has 0 amide bonds. The summed E-state index contributed by atoms with van der Waals surface area (Å²) >= 11 is 6.04. The molecule has 0 unspecified atom stereocenters. The lowest BCUT2D eigenvalue weighted by Gasteiger charge is -2.11. The molecule has 0 heterocycles. The number of methoxy groups -OCH3 is 1. The number of rotatable bonds is 6. The average molecular weight is 269 g/mol. The molecule has 0 radical (unpaired) electrons. The minimum Gasteiger partial charge on any atom is -0.493 e. The first-order valence-electron chi connectivity index (χ1n) is 5.10. The Hall–Kier alpha value is -1.94. The second kappa shape index (κ2) is 6.71. The number of carboxylic acid groups (broad SMARTS) is 1. The topological polar surface area (TPSA) is 55.8 Å². The van der Waals surface area contributed by atoms with Gasteiger partial charge in [0.15, 0.2) is 11.5 Å². The van der Waals surface area contributed by atoms with Gasteiger partial charge in [0.2, 0.25) is 0 Å². The number of ether oxygens (including phenoxy) is 2. The van der Waals surface area contributed by atoms with Crippen LogP contribution in [-0.4, -0.2) is 24.8 Å². The highest BCUT2D eigenvalue weighted by molar-refractivity contribution is 6.32. The zero-order chi connectivity index (χ0) is 13.5. The summed E-state index contributed by atoms with van der Waals surface area (Å²) in [5.74, 6) is -0.182. The monoisotopic (exact) mass is 268 g/mol. The molecule has 96 valence electrons. The zero-order valence-corrected chi connectivity index (χ0v) is 10.6. The van der Waals surface area contributed by atoms with E-state index in [0.29, 0.717) is 28.7 Å². The van der Waals surface area contributed by atoms with E-state index in [2.05, 4.69) is 6.58 Å². The molecule has 0 saturated carbocycles. The molecule has 1 rings (SSSR count). The van der Waals surface area contributed by atoms with Crippen molar-refractivity contribution in [3.8, 4) is 11.5 Å². The van der Waals surface area contributed by atoms with Gasteiger partial charge >= 0.3 is 5.97 Å². The van der Waals surface area contributed by atoms with Crippen LogP contribution in [0.3, 0.4) is 0 Å². The molecular formula is C13H13ClO4. The fourth-order valence-corrected chi connectivity index (χ4v) is 1.56. The van der Waals surface area contributed by atoms with Crippen LogP contribution in [-0.2, 0) is 4.79 Å². The molecule has 1 N–H and O–H groups in total. The van der Waals surface area contributed by atoms with Gasteiger partial charge < -0.3 is 14.6 Å². The Bertz CT molecular complexity index is 480. The van der Waals surface area contributed by atoms with Gasteiger partial charge in [0.25, 0.3) is 0 Å². The Balaban J connectivity index is 3.09. The van der Waals surface area contributed by atoms with Crippen molar-refractivity contribution in [3.63, 3.8) is 0 Å². The zero-order valence-electron chi connectivity index (χ0n) is 9.85. The quantitative estimate of drug-likeness (QED) is 0.636. The summed E-state index contributed by atoms with van der Waals surface area (Å²) < 4.78 is 10.5. The molecule has 1 aromatic carbocycles. The SMILES string of the molecule is C=CCOc1c(Cl)cc(/C=C/C(=O)O)cc1OC. The first-order valence-corrected chi connectivity index (χ1v) is 5.48. The summed E-state index contributed by atoms with van der Waals surface area (Å²) in [5.41, 5.74) is 0.616. The van der Waals surface area contributed by atoms with E-state index >= 15 is 0 Å². The molecule has 0 atom stereocenters. The van der Waals surface area contributed by atoms with Gasteiger partial charge in [-0.2, -0.15) is 0 Å². The number of hydrogen-bond donors (Lipinski definition) is 1. The lowest BCUT2D eigenvalue weighted by atomic mass is 10.2. The minimum absolute atomic E-state index is 0.306. The van der Waals surface area contributed by atoms with E-state index in [1.165, 1.54) is 13.2 Å². The van der Waals surface area contributed by atoms with E-state index in [4.69, 9.17) is 26.2 Å². The molecule has 0 aromatic heterocycles. The van der Waals surface area contributed by atoms with Gasteiger partial charge in [-0.25, -0.2) is 4.79 Å². The normalized spacial score (nSPS) is 10.3. The van der Waals surface area contributed by atoms with Crippen molar-refractivity contribution < 1.29 is 19.4 Å². The van der Waals surface area contributed by atoms with E-state index in [0.717, 1.165) is 6.08 Å². The largest absolute Gasteiger partial charge is 0.493 e. The van der Waals surface area contributed by atoms with Crippen LogP contribution in [0.25, 0.3) is 6.08 Å². The Kier molecular flexibility index (Phi) is 5.27. The van der Waals surface area contributed by atoms with Gasteiger partial charge in [-0.15, -0.1) is 0 Å². The molecule has 4 nitrogen and oxygen atoms in total. The van der Waals surface area contributed by atoms with Crippen LogP contribution in [0.4, 0.5) is 0 Å². The van der Waals surface area contributed by atoms with Crippen molar-refractivity contribution in [1.82, 2.24) is 0 Å². The molecule has 0 saturated heterocycles. The third-order valence-electron chi connectivity index (χ3n) is 2.02. The Labute approximate surface area is 110 Å². The number of benzene rings is 1. The number of hydrogen-bond acceptors (Lipinski definition) is 3. The Morgan fingerprint density at radius 3 is 2.83 bits per heavy atom. The standard InChI is InChI=1S/C13H13ClO4/c1-3-6-18-13-10(14)7-9(4-5-12(15)16)8-11(13)17-2/h3-5,7-8H,1,6H2,2H3,(H,15,16)/b5-4+. The van der Waals surface area contributed by atoms with Crippen LogP contribution in [0.1, 0.15) is 5.56 Å². The Morgan fingerprint density at radius 2 is 2.28 bits per heavy atom.